The van der Waals surface area contributed by atoms with Crippen molar-refractivity contribution >= 4 is 29.1 Å². The summed E-state index contributed by atoms with van der Waals surface area (Å²) in [5, 5.41) is 11.4. The van der Waals surface area contributed by atoms with Gasteiger partial charge in [-0.2, -0.15) is 0 Å². The first-order chi connectivity index (χ1) is 13.9. The number of rotatable bonds is 7. The Morgan fingerprint density at radius 1 is 1.21 bits per heavy atom. The fourth-order valence-corrected chi connectivity index (χ4v) is 3.40. The molecule has 1 atom stereocenters. The van der Waals surface area contributed by atoms with Gasteiger partial charge in [-0.15, -0.1) is 0 Å². The molecule has 7 heteroatoms. The number of nitrogens with zero attached hydrogens (tertiary/aromatic N) is 2. The first-order valence-corrected chi connectivity index (χ1v) is 9.85. The second-order valence-electron chi connectivity index (χ2n) is 7.03. The van der Waals surface area contributed by atoms with Gasteiger partial charge in [0.15, 0.2) is 0 Å². The van der Waals surface area contributed by atoms with Crippen molar-refractivity contribution < 1.29 is 19.4 Å². The number of carbonyl (C=O) groups excluding carboxylic acids is 2. The molecule has 2 aromatic rings. The monoisotopic (exact) mass is 414 g/mol. The molecule has 6 nitrogen and oxygen atoms in total. The number of amides is 1. The van der Waals surface area contributed by atoms with Crippen molar-refractivity contribution in [2.75, 3.05) is 13.2 Å². The molecule has 1 N–H and O–H groups in total. The predicted molar refractivity (Wildman–Crippen MR) is 110 cm³/mol. The van der Waals surface area contributed by atoms with Crippen LogP contribution in [0.1, 0.15) is 37.6 Å². The van der Waals surface area contributed by atoms with Crippen molar-refractivity contribution in [2.45, 2.75) is 32.4 Å². The van der Waals surface area contributed by atoms with Gasteiger partial charge in [0.05, 0.1) is 17.4 Å². The van der Waals surface area contributed by atoms with Crippen LogP contribution in [0.5, 0.6) is 0 Å². The largest absolute Gasteiger partial charge is 0.507 e. The fraction of sp³-hybridized carbons (Fsp3) is 0.318. The number of aromatic nitrogens is 1. The summed E-state index contributed by atoms with van der Waals surface area (Å²) in [6, 6.07) is 11.0. The molecule has 1 aromatic heterocycles. The van der Waals surface area contributed by atoms with E-state index in [2.05, 4.69) is 4.98 Å². The second-order valence-corrected chi connectivity index (χ2v) is 7.46. The normalized spacial score (nSPS) is 18.6. The van der Waals surface area contributed by atoms with Crippen molar-refractivity contribution in [2.24, 2.45) is 0 Å². The van der Waals surface area contributed by atoms with Crippen LogP contribution in [0.25, 0.3) is 5.76 Å². The molecule has 3 rings (SSSR count). The van der Waals surface area contributed by atoms with Gasteiger partial charge in [0.1, 0.15) is 11.8 Å². The van der Waals surface area contributed by atoms with Gasteiger partial charge >= 0.3 is 0 Å². The quantitative estimate of drug-likeness (QED) is 0.321. The lowest BCUT2D eigenvalue weighted by molar-refractivity contribution is -0.140. The van der Waals surface area contributed by atoms with Crippen LogP contribution >= 0.6 is 11.6 Å². The number of likely N-dealkylation sites (tertiary alicyclic amines) is 1. The van der Waals surface area contributed by atoms with Crippen LogP contribution in [0.2, 0.25) is 5.02 Å². The summed E-state index contributed by atoms with van der Waals surface area (Å²) < 4.78 is 5.55. The first kappa shape index (κ1) is 21.0. The zero-order chi connectivity index (χ0) is 21.0. The minimum absolute atomic E-state index is 0.0285. The highest BCUT2D eigenvalue weighted by Gasteiger charge is 2.46. The van der Waals surface area contributed by atoms with E-state index in [1.807, 2.05) is 13.8 Å². The van der Waals surface area contributed by atoms with Gasteiger partial charge in [-0.3, -0.25) is 14.6 Å². The lowest BCUT2D eigenvalue weighted by Gasteiger charge is -2.24. The molecule has 29 heavy (non-hydrogen) atoms. The molecular formula is C22H23ClN2O4. The van der Waals surface area contributed by atoms with E-state index in [0.717, 1.165) is 0 Å². The molecule has 0 aliphatic carbocycles. The molecule has 0 radical (unpaired) electrons. The van der Waals surface area contributed by atoms with Crippen LogP contribution in [0.3, 0.4) is 0 Å². The minimum Gasteiger partial charge on any atom is -0.507 e. The van der Waals surface area contributed by atoms with E-state index in [1.165, 1.54) is 4.90 Å². The Hall–Kier alpha value is -2.70. The molecule has 2 heterocycles. The maximum atomic E-state index is 12.8. The molecule has 0 unspecified atom stereocenters. The SMILES string of the molecule is CC(C)OCCCN1C(=O)C(=O)C(=C(O)c2ccc(Cl)cc2)[C@H]1c1ccccn1. The highest BCUT2D eigenvalue weighted by molar-refractivity contribution is 6.46. The van der Waals surface area contributed by atoms with E-state index < -0.39 is 17.7 Å². The van der Waals surface area contributed by atoms with Crippen LogP contribution in [0.4, 0.5) is 0 Å². The Bertz CT molecular complexity index is 910. The molecule has 1 saturated heterocycles. The Kier molecular flexibility index (Phi) is 6.67. The van der Waals surface area contributed by atoms with E-state index in [0.29, 0.717) is 35.9 Å². The second kappa shape index (κ2) is 9.20. The number of aliphatic hydroxyl groups excluding tert-OH is 1. The fourth-order valence-electron chi connectivity index (χ4n) is 3.27. The van der Waals surface area contributed by atoms with Gasteiger partial charge in [-0.25, -0.2) is 0 Å². The maximum absolute atomic E-state index is 12.8. The number of pyridine rings is 1. The highest BCUT2D eigenvalue weighted by atomic mass is 35.5. The van der Waals surface area contributed by atoms with Crippen LogP contribution in [-0.2, 0) is 14.3 Å². The summed E-state index contributed by atoms with van der Waals surface area (Å²) in [5.41, 5.74) is 0.962. The predicted octanol–water partition coefficient (Wildman–Crippen LogP) is 3.97. The van der Waals surface area contributed by atoms with Gasteiger partial charge in [0.25, 0.3) is 11.7 Å². The van der Waals surface area contributed by atoms with Crippen molar-refractivity contribution in [1.29, 1.82) is 0 Å². The number of ether oxygens (including phenoxy) is 1. The van der Waals surface area contributed by atoms with Gasteiger partial charge < -0.3 is 14.7 Å². The van der Waals surface area contributed by atoms with Crippen LogP contribution in [0, 0.1) is 0 Å². The van der Waals surface area contributed by atoms with Gasteiger partial charge in [-0.1, -0.05) is 17.7 Å². The summed E-state index contributed by atoms with van der Waals surface area (Å²) in [7, 11) is 0. The lowest BCUT2D eigenvalue weighted by atomic mass is 9.98. The van der Waals surface area contributed by atoms with E-state index in [-0.39, 0.29) is 17.4 Å². The van der Waals surface area contributed by atoms with Crippen molar-refractivity contribution in [1.82, 2.24) is 9.88 Å². The summed E-state index contributed by atoms with van der Waals surface area (Å²) in [5.74, 6) is -1.62. The molecule has 0 spiro atoms. The number of halogens is 1. The van der Waals surface area contributed by atoms with E-state index in [4.69, 9.17) is 16.3 Å². The number of ketones is 1. The smallest absolute Gasteiger partial charge is 0.295 e. The average molecular weight is 415 g/mol. The molecular weight excluding hydrogens is 392 g/mol. The topological polar surface area (TPSA) is 79.7 Å². The highest BCUT2D eigenvalue weighted by Crippen LogP contribution is 2.38. The van der Waals surface area contributed by atoms with Crippen LogP contribution in [0.15, 0.2) is 54.2 Å². The molecule has 1 aliphatic heterocycles. The standard InChI is InChI=1S/C22H23ClN2O4/c1-14(2)29-13-5-12-25-19(17-6-3-4-11-24-17)18(21(27)22(25)28)20(26)15-7-9-16(23)10-8-15/h3-4,6-11,14,19,26H,5,12-13H2,1-2H3/t19-/m1/s1. The number of Topliss-reactive ketones (excluding diaryl/α,β-unsaturated/α-hetero) is 1. The molecule has 1 aromatic carbocycles. The summed E-state index contributed by atoms with van der Waals surface area (Å²) in [4.78, 5) is 31.4. The van der Waals surface area contributed by atoms with Gasteiger partial charge in [-0.05, 0) is 56.7 Å². The summed E-state index contributed by atoms with van der Waals surface area (Å²) in [6.45, 7) is 4.65. The van der Waals surface area contributed by atoms with Crippen molar-refractivity contribution in [3.05, 3.63) is 70.5 Å². The molecule has 1 aliphatic rings. The Balaban J connectivity index is 1.99. The number of benzene rings is 1. The Morgan fingerprint density at radius 3 is 2.55 bits per heavy atom. The third kappa shape index (κ3) is 4.66. The van der Waals surface area contributed by atoms with Gasteiger partial charge in [0, 0.05) is 29.9 Å². The van der Waals surface area contributed by atoms with Crippen molar-refractivity contribution in [3.63, 3.8) is 0 Å². The van der Waals surface area contributed by atoms with Crippen molar-refractivity contribution in [3.8, 4) is 0 Å². The Labute approximate surface area is 174 Å². The minimum atomic E-state index is -0.758. The zero-order valence-corrected chi connectivity index (χ0v) is 17.1. The van der Waals surface area contributed by atoms with Gasteiger partial charge in [0.2, 0.25) is 0 Å². The first-order valence-electron chi connectivity index (χ1n) is 9.47. The third-order valence-electron chi connectivity index (χ3n) is 4.62. The zero-order valence-electron chi connectivity index (χ0n) is 16.3. The molecule has 1 amide bonds. The average Bonchev–Trinajstić information content (AvgIpc) is 2.96. The molecule has 152 valence electrons. The van der Waals surface area contributed by atoms with E-state index >= 15 is 0 Å². The maximum Gasteiger partial charge on any atom is 0.295 e. The Morgan fingerprint density at radius 2 is 1.93 bits per heavy atom. The number of carbonyl (C=O) groups is 2. The van der Waals surface area contributed by atoms with E-state index in [1.54, 1.807) is 48.7 Å². The molecule has 1 fully saturated rings. The van der Waals surface area contributed by atoms with E-state index in [9.17, 15) is 14.7 Å². The molecule has 0 bridgehead atoms. The van der Waals surface area contributed by atoms with Crippen LogP contribution in [-0.4, -0.2) is 45.9 Å². The third-order valence-corrected chi connectivity index (χ3v) is 4.87. The lowest BCUT2D eigenvalue weighted by Crippen LogP contribution is -2.31. The van der Waals surface area contributed by atoms with Crippen LogP contribution < -0.4 is 0 Å². The summed E-state index contributed by atoms with van der Waals surface area (Å²) in [6.07, 6.45) is 2.25. The molecule has 0 saturated carbocycles. The number of aliphatic hydroxyl groups is 1. The number of hydrogen-bond acceptors (Lipinski definition) is 5. The summed E-state index contributed by atoms with van der Waals surface area (Å²) >= 11 is 5.92. The number of hydrogen-bond donors (Lipinski definition) is 1.